The van der Waals surface area contributed by atoms with Crippen LogP contribution in [0, 0.1) is 17.8 Å². The predicted octanol–water partition coefficient (Wildman–Crippen LogP) is 6.05. The standard InChI is InChI=1S/C41H54ClF2N5O9S/c1-22(2)56-32-19-29-28(13-10-14-30(29)42)35(45-32)57-26-18-31-34(50)47-41(37(52)48-59(54,55)27-15-16-27)20-25(41)12-9-8-11-23(3)17-24(4)33(36(51)49(31)21-26)46-38(53)58-39(5,6)40(7,43)44/h9-10,12-14,19,22-27,31,33H,8,11,15-18,20-21H2,1-7H3,(H,46,53)(H,47,50)(H,48,52)/b12-9-/t23-,24+,25+,26+,31-,33-,41+/m0/s1. The highest BCUT2D eigenvalue weighted by Crippen LogP contribution is 2.46. The highest BCUT2D eigenvalue weighted by Gasteiger charge is 2.62. The number of aromatic nitrogens is 1. The van der Waals surface area contributed by atoms with Crippen LogP contribution in [0.3, 0.4) is 0 Å². The van der Waals surface area contributed by atoms with Gasteiger partial charge in [-0.15, -0.1) is 0 Å². The average molecular weight is 866 g/mol. The van der Waals surface area contributed by atoms with Crippen molar-refractivity contribution >= 4 is 56.2 Å². The zero-order valence-corrected chi connectivity index (χ0v) is 35.9. The van der Waals surface area contributed by atoms with Crippen molar-refractivity contribution in [1.82, 2.24) is 25.2 Å². The fraction of sp³-hybridized carbons (Fsp3) is 0.634. The minimum Gasteiger partial charge on any atom is -0.475 e. The number of nitrogens with one attached hydrogen (secondary N) is 3. The van der Waals surface area contributed by atoms with Crippen LogP contribution < -0.4 is 24.8 Å². The first-order chi connectivity index (χ1) is 27.5. The molecule has 0 spiro atoms. The zero-order valence-electron chi connectivity index (χ0n) is 34.4. The van der Waals surface area contributed by atoms with Gasteiger partial charge in [-0.25, -0.2) is 22.0 Å². The quantitative estimate of drug-likeness (QED) is 0.238. The molecule has 3 fully saturated rings. The van der Waals surface area contributed by atoms with Crippen molar-refractivity contribution in [3.63, 3.8) is 0 Å². The molecule has 14 nitrogen and oxygen atoms in total. The van der Waals surface area contributed by atoms with Crippen LogP contribution in [0.4, 0.5) is 13.6 Å². The molecule has 6 rings (SSSR count). The van der Waals surface area contributed by atoms with Crippen LogP contribution >= 0.6 is 11.6 Å². The number of benzene rings is 1. The number of alkyl halides is 2. The summed E-state index contributed by atoms with van der Waals surface area (Å²) in [5.74, 6) is -6.47. The molecule has 0 unspecified atom stereocenters. The maximum atomic E-state index is 14.9. The normalized spacial score (nSPS) is 28.7. The number of carbonyl (C=O) groups excluding carboxylic acids is 4. The molecule has 2 aliphatic heterocycles. The molecule has 59 heavy (non-hydrogen) atoms. The third-order valence-electron chi connectivity index (χ3n) is 11.7. The van der Waals surface area contributed by atoms with Gasteiger partial charge in [-0.3, -0.25) is 19.1 Å². The van der Waals surface area contributed by atoms with Crippen molar-refractivity contribution in [3.8, 4) is 11.8 Å². The van der Waals surface area contributed by atoms with Crippen LogP contribution in [-0.2, 0) is 29.1 Å². The first-order valence-corrected chi connectivity index (χ1v) is 22.1. The Hall–Kier alpha value is -4.25. The van der Waals surface area contributed by atoms with Crippen LogP contribution in [0.15, 0.2) is 36.4 Å². The van der Waals surface area contributed by atoms with Crippen LogP contribution in [0.1, 0.15) is 93.4 Å². The molecule has 3 N–H and O–H groups in total. The Balaban J connectivity index is 1.37. The van der Waals surface area contributed by atoms with Gasteiger partial charge in [-0.1, -0.05) is 43.7 Å². The van der Waals surface area contributed by atoms with E-state index in [2.05, 4.69) is 20.3 Å². The van der Waals surface area contributed by atoms with Gasteiger partial charge in [-0.05, 0) is 90.2 Å². The van der Waals surface area contributed by atoms with E-state index in [4.69, 9.17) is 25.8 Å². The number of halogens is 3. The summed E-state index contributed by atoms with van der Waals surface area (Å²) in [5.41, 5.74) is -3.84. The second-order valence-corrected chi connectivity index (χ2v) is 19.8. The number of ether oxygens (including phenoxy) is 3. The van der Waals surface area contributed by atoms with E-state index in [-0.39, 0.29) is 43.2 Å². The second kappa shape index (κ2) is 16.7. The number of hydrogen-bond acceptors (Lipinski definition) is 10. The van der Waals surface area contributed by atoms with E-state index in [9.17, 15) is 36.4 Å². The molecular weight excluding hydrogens is 812 g/mol. The van der Waals surface area contributed by atoms with E-state index < -0.39 is 86.2 Å². The lowest BCUT2D eigenvalue weighted by atomic mass is 9.88. The topological polar surface area (TPSA) is 182 Å². The van der Waals surface area contributed by atoms with Gasteiger partial charge in [0, 0.05) is 41.1 Å². The maximum Gasteiger partial charge on any atom is 0.408 e. The summed E-state index contributed by atoms with van der Waals surface area (Å²) in [6, 6.07) is 4.23. The Bertz CT molecular complexity index is 2110. The van der Waals surface area contributed by atoms with Crippen molar-refractivity contribution in [2.45, 2.75) is 140 Å². The number of sulfonamides is 1. The SMILES string of the molecule is CC(C)Oc1cc2c(Cl)cccc2c(O[C@@H]2C[C@H]3C(=O)N[C@]4(C(=O)NS(=O)(=O)C5CC5)C[C@H]4/C=C\CC[C@H](C)C[C@@H](C)[C@H](NC(=O)OC(C)(C)C(C)(F)F)C(=O)N3C2)n1. The van der Waals surface area contributed by atoms with E-state index in [1.807, 2.05) is 32.9 Å². The van der Waals surface area contributed by atoms with Crippen molar-refractivity contribution in [2.75, 3.05) is 6.54 Å². The third kappa shape index (κ3) is 9.87. The summed E-state index contributed by atoms with van der Waals surface area (Å²) in [6.45, 7) is 9.95. The molecule has 2 aliphatic carbocycles. The highest BCUT2D eigenvalue weighted by molar-refractivity contribution is 7.91. The molecule has 324 valence electrons. The Morgan fingerprint density at radius 1 is 1.08 bits per heavy atom. The fourth-order valence-corrected chi connectivity index (χ4v) is 9.30. The molecule has 1 aromatic carbocycles. The molecule has 1 aromatic heterocycles. The minimum absolute atomic E-state index is 0.0111. The molecule has 2 saturated carbocycles. The minimum atomic E-state index is -3.97. The lowest BCUT2D eigenvalue weighted by Gasteiger charge is -2.35. The van der Waals surface area contributed by atoms with Gasteiger partial charge in [-0.2, -0.15) is 4.98 Å². The zero-order chi connectivity index (χ0) is 43.2. The number of pyridine rings is 1. The van der Waals surface area contributed by atoms with E-state index in [1.54, 1.807) is 31.2 Å². The monoisotopic (exact) mass is 865 g/mol. The molecule has 0 bridgehead atoms. The van der Waals surface area contributed by atoms with Crippen molar-refractivity contribution in [2.24, 2.45) is 17.8 Å². The van der Waals surface area contributed by atoms with Crippen LogP contribution in [-0.4, -0.2) is 95.3 Å². The van der Waals surface area contributed by atoms with E-state index in [0.29, 0.717) is 54.8 Å². The summed E-state index contributed by atoms with van der Waals surface area (Å²) in [7, 11) is -3.97. The van der Waals surface area contributed by atoms with Crippen molar-refractivity contribution < 1.29 is 50.6 Å². The average Bonchev–Trinajstić information content (AvgIpc) is 4.05. The number of fused-ring (bicyclic) bond motifs is 3. The Kier molecular flexibility index (Phi) is 12.5. The Labute approximate surface area is 348 Å². The Morgan fingerprint density at radius 3 is 2.46 bits per heavy atom. The van der Waals surface area contributed by atoms with Gasteiger partial charge in [0.2, 0.25) is 33.6 Å². The molecule has 18 heteroatoms. The van der Waals surface area contributed by atoms with E-state index in [0.717, 1.165) is 13.8 Å². The first-order valence-electron chi connectivity index (χ1n) is 20.2. The second-order valence-electron chi connectivity index (χ2n) is 17.4. The largest absolute Gasteiger partial charge is 0.475 e. The number of carbonyl (C=O) groups is 4. The van der Waals surface area contributed by atoms with E-state index in [1.165, 1.54) is 4.90 Å². The summed E-state index contributed by atoms with van der Waals surface area (Å²) < 4.78 is 74.4. The van der Waals surface area contributed by atoms with Crippen LogP contribution in [0.25, 0.3) is 10.8 Å². The van der Waals surface area contributed by atoms with Gasteiger partial charge in [0.05, 0.1) is 17.9 Å². The van der Waals surface area contributed by atoms with Crippen LogP contribution in [0.5, 0.6) is 11.8 Å². The van der Waals surface area contributed by atoms with Gasteiger partial charge < -0.3 is 29.7 Å². The lowest BCUT2D eigenvalue weighted by molar-refractivity contribution is -0.152. The number of allylic oxidation sites excluding steroid dienone is 1. The summed E-state index contributed by atoms with van der Waals surface area (Å²) in [5, 5.41) is 6.21. The fourth-order valence-electron chi connectivity index (χ4n) is 7.71. The third-order valence-corrected chi connectivity index (χ3v) is 13.8. The molecule has 3 heterocycles. The van der Waals surface area contributed by atoms with E-state index >= 15 is 0 Å². The van der Waals surface area contributed by atoms with Gasteiger partial charge >= 0.3 is 6.09 Å². The first kappa shape index (κ1) is 44.3. The van der Waals surface area contributed by atoms with Crippen LogP contribution in [0.2, 0.25) is 5.02 Å². The summed E-state index contributed by atoms with van der Waals surface area (Å²) >= 11 is 6.58. The number of amides is 4. The number of nitrogens with zero attached hydrogens (tertiary/aromatic N) is 2. The predicted molar refractivity (Wildman–Crippen MR) is 216 cm³/mol. The molecular formula is C41H54ClF2N5O9S. The molecule has 4 aliphatic rings. The van der Waals surface area contributed by atoms with Crippen molar-refractivity contribution in [1.29, 1.82) is 0 Å². The summed E-state index contributed by atoms with van der Waals surface area (Å²) in [4.78, 5) is 62.5. The smallest absolute Gasteiger partial charge is 0.408 e. The molecule has 4 amide bonds. The van der Waals surface area contributed by atoms with Gasteiger partial charge in [0.15, 0.2) is 5.60 Å². The maximum absolute atomic E-state index is 14.9. The summed E-state index contributed by atoms with van der Waals surface area (Å²) in [6.07, 6.45) is 3.85. The number of alkyl carbamates (subject to hydrolysis) is 1. The molecule has 1 saturated heterocycles. The Morgan fingerprint density at radius 2 is 1.80 bits per heavy atom. The highest BCUT2D eigenvalue weighted by atomic mass is 35.5. The molecule has 2 aromatic rings. The van der Waals surface area contributed by atoms with Gasteiger partial charge in [0.25, 0.3) is 11.8 Å². The molecule has 7 atom stereocenters. The lowest BCUT2D eigenvalue weighted by Crippen LogP contribution is -2.59. The van der Waals surface area contributed by atoms with Crippen molar-refractivity contribution in [3.05, 3.63) is 41.4 Å². The number of rotatable bonds is 10. The van der Waals surface area contributed by atoms with Gasteiger partial charge in [0.1, 0.15) is 23.7 Å². The molecule has 0 radical (unpaired) electrons. The number of hydrogen-bond donors (Lipinski definition) is 3.